The van der Waals surface area contributed by atoms with Gasteiger partial charge in [0.25, 0.3) is 0 Å². The fourth-order valence-corrected chi connectivity index (χ4v) is 1.92. The van der Waals surface area contributed by atoms with Crippen molar-refractivity contribution in [2.75, 3.05) is 0 Å². The number of para-hydroxylation sites is 1. The molecule has 0 bridgehead atoms. The van der Waals surface area contributed by atoms with Crippen molar-refractivity contribution in [2.24, 2.45) is 0 Å². The van der Waals surface area contributed by atoms with Crippen LogP contribution in [0.1, 0.15) is 0 Å². The van der Waals surface area contributed by atoms with Gasteiger partial charge in [-0.15, -0.1) is 0 Å². The number of aromatic nitrogens is 1. The Kier molecular flexibility index (Phi) is 3.04. The Morgan fingerprint density at radius 2 is 2.00 bits per heavy atom. The van der Waals surface area contributed by atoms with Crippen molar-refractivity contribution in [3.63, 3.8) is 0 Å². The van der Waals surface area contributed by atoms with Crippen LogP contribution in [0, 0.1) is 0 Å². The predicted octanol–water partition coefficient (Wildman–Crippen LogP) is 2.20. The van der Waals surface area contributed by atoms with E-state index < -0.39 is 0 Å². The van der Waals surface area contributed by atoms with Crippen molar-refractivity contribution in [3.8, 4) is 0 Å². The first-order valence-electron chi connectivity index (χ1n) is 2.89. The second-order valence-electron chi connectivity index (χ2n) is 1.95. The number of hydrogen-bond acceptors (Lipinski definition) is 3. The molecule has 4 heteroatoms. The minimum atomic E-state index is 0. The van der Waals surface area contributed by atoms with Gasteiger partial charge in [-0.05, 0) is 15.1 Å². The molecule has 1 aromatic heterocycles. The van der Waals surface area contributed by atoms with Gasteiger partial charge in [0.15, 0.2) is 0 Å². The first-order valence-corrected chi connectivity index (χ1v) is 4.11. The van der Waals surface area contributed by atoms with Crippen LogP contribution < -0.4 is 0 Å². The number of hydrogen-bond donors (Lipinski definition) is 0. The third-order valence-electron chi connectivity index (χ3n) is 1.27. The summed E-state index contributed by atoms with van der Waals surface area (Å²) in [5.74, 6) is 0. The molecular formula is C7H4AgNS2. The average molecular weight is 274 g/mol. The number of nitrogens with zero attached hydrogens (tertiary/aromatic N) is 1. The maximum atomic E-state index is 4.92. The number of thiazole rings is 1. The van der Waals surface area contributed by atoms with E-state index in [-0.39, 0.29) is 22.4 Å². The summed E-state index contributed by atoms with van der Waals surface area (Å²) in [6, 6.07) is 7.97. The van der Waals surface area contributed by atoms with Crippen LogP contribution in [0.3, 0.4) is 0 Å². The molecule has 1 aromatic carbocycles. The van der Waals surface area contributed by atoms with Crippen molar-refractivity contribution in [1.82, 2.24) is 4.98 Å². The van der Waals surface area contributed by atoms with E-state index >= 15 is 0 Å². The molecular weight excluding hydrogens is 270 g/mol. The molecule has 0 spiro atoms. The molecule has 0 aliphatic carbocycles. The van der Waals surface area contributed by atoms with E-state index in [1.165, 1.54) is 4.70 Å². The summed E-state index contributed by atoms with van der Waals surface area (Å²) in [5.41, 5.74) is 1.01. The van der Waals surface area contributed by atoms with Gasteiger partial charge in [-0.3, -0.25) is 4.98 Å². The predicted molar refractivity (Wildman–Crippen MR) is 45.3 cm³/mol. The summed E-state index contributed by atoms with van der Waals surface area (Å²) in [6.45, 7) is 0. The SMILES string of the molecule is [Ag+].[S-]c1nc2ccccc2s1. The fraction of sp³-hybridized carbons (Fsp3) is 0. The molecule has 0 atom stereocenters. The second-order valence-corrected chi connectivity index (χ2v) is 3.62. The molecule has 2 aromatic rings. The van der Waals surface area contributed by atoms with Gasteiger partial charge in [-0.25, -0.2) is 0 Å². The van der Waals surface area contributed by atoms with Crippen molar-refractivity contribution in [1.29, 1.82) is 0 Å². The Bertz CT molecular complexity index is 325. The molecule has 0 saturated carbocycles. The van der Waals surface area contributed by atoms with Crippen molar-refractivity contribution >= 4 is 34.2 Å². The Hall–Kier alpha value is 0.0703. The molecule has 0 radical (unpaired) electrons. The van der Waals surface area contributed by atoms with E-state index in [1.807, 2.05) is 24.3 Å². The molecule has 0 saturated heterocycles. The number of benzene rings is 1. The van der Waals surface area contributed by atoms with Crippen LogP contribution in [-0.2, 0) is 35.0 Å². The molecule has 0 aliphatic rings. The minimum Gasteiger partial charge on any atom is -0.408 e. The van der Waals surface area contributed by atoms with Gasteiger partial charge >= 0.3 is 22.4 Å². The maximum Gasteiger partial charge on any atom is 1.00 e. The first kappa shape index (κ1) is 9.16. The minimum absolute atomic E-state index is 0. The van der Waals surface area contributed by atoms with Crippen molar-refractivity contribution < 1.29 is 22.4 Å². The maximum absolute atomic E-state index is 4.92. The summed E-state index contributed by atoms with van der Waals surface area (Å²) in [4.78, 5) is 4.15. The van der Waals surface area contributed by atoms with Crippen LogP contribution in [0.15, 0.2) is 28.6 Å². The van der Waals surface area contributed by atoms with Crippen molar-refractivity contribution in [2.45, 2.75) is 4.34 Å². The zero-order chi connectivity index (χ0) is 6.97. The first-order chi connectivity index (χ1) is 4.86. The molecule has 1 heterocycles. The summed E-state index contributed by atoms with van der Waals surface area (Å²) >= 11 is 6.48. The zero-order valence-corrected chi connectivity index (χ0v) is 8.49. The van der Waals surface area contributed by atoms with E-state index in [2.05, 4.69) is 4.98 Å². The van der Waals surface area contributed by atoms with Crippen LogP contribution in [0.2, 0.25) is 0 Å². The summed E-state index contributed by atoms with van der Waals surface area (Å²) in [5, 5.41) is 0. The molecule has 0 amide bonds. The zero-order valence-electron chi connectivity index (χ0n) is 5.37. The third kappa shape index (κ3) is 1.80. The summed E-state index contributed by atoms with van der Waals surface area (Å²) in [7, 11) is 0. The van der Waals surface area contributed by atoms with Crippen LogP contribution in [0.5, 0.6) is 0 Å². The smallest absolute Gasteiger partial charge is 0.408 e. The standard InChI is InChI=1S/C7H5NS2.Ag/c9-7-8-5-3-1-2-4-6(5)10-7;/h1-4H,(H,8,9);/q;+1/p-1. The van der Waals surface area contributed by atoms with Gasteiger partial charge in [-0.2, -0.15) is 0 Å². The Labute approximate surface area is 89.8 Å². The number of rotatable bonds is 0. The Balaban J connectivity index is 0.000000605. The molecule has 11 heavy (non-hydrogen) atoms. The van der Waals surface area contributed by atoms with Crippen LogP contribution >= 0.6 is 11.3 Å². The summed E-state index contributed by atoms with van der Waals surface area (Å²) in [6.07, 6.45) is 0. The van der Waals surface area contributed by atoms with E-state index in [0.29, 0.717) is 0 Å². The Morgan fingerprint density at radius 1 is 1.27 bits per heavy atom. The molecule has 0 N–H and O–H groups in total. The van der Waals surface area contributed by atoms with Gasteiger partial charge in [-0.1, -0.05) is 18.2 Å². The van der Waals surface area contributed by atoms with Crippen LogP contribution in [0.25, 0.3) is 10.2 Å². The molecule has 2 rings (SSSR count). The fourth-order valence-electron chi connectivity index (χ4n) is 0.851. The molecule has 1 nitrogen and oxygen atoms in total. The van der Waals surface area contributed by atoms with E-state index in [0.717, 1.165) is 9.86 Å². The largest absolute Gasteiger partial charge is 1.00 e. The number of fused-ring (bicyclic) bond motifs is 1. The third-order valence-corrected chi connectivity index (χ3v) is 2.45. The topological polar surface area (TPSA) is 12.9 Å². The Morgan fingerprint density at radius 3 is 2.73 bits per heavy atom. The molecule has 60 valence electrons. The van der Waals surface area contributed by atoms with Crippen molar-refractivity contribution in [3.05, 3.63) is 24.3 Å². The molecule has 0 unspecified atom stereocenters. The quantitative estimate of drug-likeness (QED) is 0.539. The normalized spacial score (nSPS) is 9.45. The van der Waals surface area contributed by atoms with E-state index in [1.54, 1.807) is 11.3 Å². The second kappa shape index (κ2) is 3.65. The van der Waals surface area contributed by atoms with Gasteiger partial charge in [0, 0.05) is 0 Å². The van der Waals surface area contributed by atoms with E-state index in [9.17, 15) is 0 Å². The van der Waals surface area contributed by atoms with Gasteiger partial charge in [0.05, 0.1) is 5.52 Å². The van der Waals surface area contributed by atoms with Crippen LogP contribution in [0.4, 0.5) is 0 Å². The van der Waals surface area contributed by atoms with Gasteiger partial charge < -0.3 is 24.0 Å². The molecule has 0 aliphatic heterocycles. The molecule has 0 fully saturated rings. The average Bonchev–Trinajstić information content (AvgIpc) is 2.27. The van der Waals surface area contributed by atoms with Crippen LogP contribution in [-0.4, -0.2) is 4.98 Å². The monoisotopic (exact) mass is 273 g/mol. The van der Waals surface area contributed by atoms with Gasteiger partial charge in [0.2, 0.25) is 0 Å². The summed E-state index contributed by atoms with van der Waals surface area (Å²) < 4.78 is 1.90. The van der Waals surface area contributed by atoms with Gasteiger partial charge in [0.1, 0.15) is 0 Å². The van der Waals surface area contributed by atoms with E-state index in [4.69, 9.17) is 12.6 Å².